The zero-order valence-corrected chi connectivity index (χ0v) is 14.6. The van der Waals surface area contributed by atoms with Gasteiger partial charge in [-0.15, -0.1) is 0 Å². The normalized spacial score (nSPS) is 17.5. The summed E-state index contributed by atoms with van der Waals surface area (Å²) in [5.74, 6) is -0.386. The number of hydrogen-bond donors (Lipinski definition) is 2. The van der Waals surface area contributed by atoms with Crippen LogP contribution in [0.25, 0.3) is 0 Å². The number of piperidine rings is 1. The van der Waals surface area contributed by atoms with Crippen LogP contribution in [0.15, 0.2) is 24.3 Å². The Morgan fingerprint density at radius 1 is 1.21 bits per heavy atom. The van der Waals surface area contributed by atoms with Crippen molar-refractivity contribution >= 4 is 11.8 Å². The van der Waals surface area contributed by atoms with E-state index in [4.69, 9.17) is 0 Å². The quantitative estimate of drug-likeness (QED) is 0.862. The predicted octanol–water partition coefficient (Wildman–Crippen LogP) is 1.78. The van der Waals surface area contributed by atoms with E-state index in [-0.39, 0.29) is 23.7 Å². The maximum Gasteiger partial charge on any atom is 0.234 e. The number of carbonyl (C=O) groups is 2. The third-order valence-electron chi connectivity index (χ3n) is 4.34. The van der Waals surface area contributed by atoms with Gasteiger partial charge in [0.15, 0.2) is 0 Å². The van der Waals surface area contributed by atoms with Gasteiger partial charge in [0, 0.05) is 26.1 Å². The lowest BCUT2D eigenvalue weighted by Crippen LogP contribution is -2.54. The van der Waals surface area contributed by atoms with Crippen molar-refractivity contribution in [2.45, 2.75) is 45.2 Å². The Kier molecular flexibility index (Phi) is 5.94. The average molecular weight is 335 g/mol. The van der Waals surface area contributed by atoms with E-state index in [0.29, 0.717) is 32.5 Å². The van der Waals surface area contributed by atoms with Crippen LogP contribution in [0.1, 0.15) is 39.2 Å². The topological polar surface area (TPSA) is 61.4 Å². The van der Waals surface area contributed by atoms with Crippen LogP contribution in [0, 0.1) is 5.82 Å². The van der Waals surface area contributed by atoms with Gasteiger partial charge < -0.3 is 10.6 Å². The minimum absolute atomic E-state index is 0.0128. The largest absolute Gasteiger partial charge is 0.353 e. The van der Waals surface area contributed by atoms with E-state index in [2.05, 4.69) is 15.5 Å². The number of hydrogen-bond acceptors (Lipinski definition) is 3. The van der Waals surface area contributed by atoms with Gasteiger partial charge in [-0.2, -0.15) is 0 Å². The summed E-state index contributed by atoms with van der Waals surface area (Å²) in [5, 5.41) is 5.94. The first kappa shape index (κ1) is 18.4. The summed E-state index contributed by atoms with van der Waals surface area (Å²) >= 11 is 0. The Hall–Kier alpha value is -1.95. The third kappa shape index (κ3) is 4.77. The molecule has 0 unspecified atom stereocenters. The van der Waals surface area contributed by atoms with E-state index in [1.807, 2.05) is 13.8 Å². The fraction of sp³-hybridized carbons (Fsp3) is 0.556. The molecule has 0 aromatic heterocycles. The molecule has 0 spiro atoms. The van der Waals surface area contributed by atoms with Crippen LogP contribution < -0.4 is 10.6 Å². The second-order valence-corrected chi connectivity index (χ2v) is 6.77. The number of halogens is 1. The zero-order valence-electron chi connectivity index (χ0n) is 14.6. The van der Waals surface area contributed by atoms with E-state index in [1.165, 1.54) is 19.1 Å². The summed E-state index contributed by atoms with van der Waals surface area (Å²) in [6.45, 7) is 7.12. The lowest BCUT2D eigenvalue weighted by Gasteiger charge is -2.42. The molecule has 2 N–H and O–H groups in total. The minimum atomic E-state index is -0.495. The number of benzene rings is 1. The number of carbonyl (C=O) groups excluding carboxylic acids is 2. The van der Waals surface area contributed by atoms with Crippen molar-refractivity contribution in [3.8, 4) is 0 Å². The van der Waals surface area contributed by atoms with Crippen LogP contribution in [0.2, 0.25) is 0 Å². The molecule has 1 aromatic rings. The molecule has 24 heavy (non-hydrogen) atoms. The van der Waals surface area contributed by atoms with Crippen molar-refractivity contribution in [1.82, 2.24) is 15.5 Å². The average Bonchev–Trinajstić information content (AvgIpc) is 2.48. The van der Waals surface area contributed by atoms with Crippen molar-refractivity contribution in [2.75, 3.05) is 19.6 Å². The van der Waals surface area contributed by atoms with Crippen molar-refractivity contribution in [3.63, 3.8) is 0 Å². The van der Waals surface area contributed by atoms with Gasteiger partial charge in [-0.05, 0) is 44.4 Å². The second kappa shape index (κ2) is 7.75. The molecule has 0 aliphatic carbocycles. The van der Waals surface area contributed by atoms with E-state index in [1.54, 1.807) is 12.1 Å². The Balaban J connectivity index is 2.06. The molecule has 0 bridgehead atoms. The van der Waals surface area contributed by atoms with E-state index in [9.17, 15) is 14.0 Å². The van der Waals surface area contributed by atoms with Gasteiger partial charge in [0.2, 0.25) is 11.8 Å². The number of likely N-dealkylation sites (tertiary alicyclic amines) is 1. The molecular weight excluding hydrogens is 309 g/mol. The summed E-state index contributed by atoms with van der Waals surface area (Å²) in [4.78, 5) is 25.7. The Bertz CT molecular complexity index is 578. The van der Waals surface area contributed by atoms with Gasteiger partial charge in [0.1, 0.15) is 5.82 Å². The highest BCUT2D eigenvalue weighted by molar-refractivity contribution is 5.78. The summed E-state index contributed by atoms with van der Waals surface area (Å²) in [7, 11) is 0. The molecule has 132 valence electrons. The van der Waals surface area contributed by atoms with E-state index < -0.39 is 5.54 Å². The fourth-order valence-corrected chi connectivity index (χ4v) is 3.26. The lowest BCUT2D eigenvalue weighted by molar-refractivity contribution is -0.125. The molecule has 6 heteroatoms. The van der Waals surface area contributed by atoms with Crippen molar-refractivity contribution < 1.29 is 14.0 Å². The van der Waals surface area contributed by atoms with Gasteiger partial charge in [0.25, 0.3) is 0 Å². The van der Waals surface area contributed by atoms with Crippen molar-refractivity contribution in [1.29, 1.82) is 0 Å². The number of nitrogens with one attached hydrogen (secondary N) is 2. The van der Waals surface area contributed by atoms with E-state index >= 15 is 0 Å². The number of rotatable bonds is 5. The maximum absolute atomic E-state index is 13.2. The smallest absolute Gasteiger partial charge is 0.234 e. The summed E-state index contributed by atoms with van der Waals surface area (Å²) in [5.41, 5.74) is 0.412. The molecule has 0 saturated carbocycles. The first-order valence-electron chi connectivity index (χ1n) is 8.37. The molecule has 2 rings (SSSR count). The highest BCUT2D eigenvalue weighted by atomic mass is 19.1. The summed E-state index contributed by atoms with van der Waals surface area (Å²) in [6.07, 6.45) is 1.38. The molecule has 5 nitrogen and oxygen atoms in total. The summed E-state index contributed by atoms with van der Waals surface area (Å²) < 4.78 is 13.2. The molecule has 1 aliphatic heterocycles. The van der Waals surface area contributed by atoms with Crippen molar-refractivity contribution in [2.24, 2.45) is 0 Å². The van der Waals surface area contributed by atoms with Gasteiger partial charge in [-0.25, -0.2) is 4.39 Å². The molecule has 1 aromatic carbocycles. The fourth-order valence-electron chi connectivity index (χ4n) is 3.26. The SMILES string of the molecule is CC(=O)NC1(c2ccc(F)cc2)CCN(CC(=O)NC(C)C)CC1. The van der Waals surface area contributed by atoms with Crippen LogP contribution in [0.4, 0.5) is 4.39 Å². The van der Waals surface area contributed by atoms with Crippen molar-refractivity contribution in [3.05, 3.63) is 35.6 Å². The zero-order chi connectivity index (χ0) is 17.7. The van der Waals surface area contributed by atoms with Crippen LogP contribution in [0.5, 0.6) is 0 Å². The van der Waals surface area contributed by atoms with Gasteiger partial charge in [0.05, 0.1) is 12.1 Å². The molecule has 0 radical (unpaired) electrons. The standard InChI is InChI=1S/C18H26FN3O2/c1-13(2)20-17(24)12-22-10-8-18(9-11-22,21-14(3)23)15-4-6-16(19)7-5-15/h4-7,13H,8-12H2,1-3H3,(H,20,24)(H,21,23). The highest BCUT2D eigenvalue weighted by Crippen LogP contribution is 2.33. The van der Waals surface area contributed by atoms with Crippen LogP contribution in [0.3, 0.4) is 0 Å². The van der Waals surface area contributed by atoms with Crippen LogP contribution >= 0.6 is 0 Å². The molecule has 0 atom stereocenters. The molecular formula is C18H26FN3O2. The van der Waals surface area contributed by atoms with E-state index in [0.717, 1.165) is 5.56 Å². The number of nitrogens with zero attached hydrogens (tertiary/aromatic N) is 1. The maximum atomic E-state index is 13.2. The monoisotopic (exact) mass is 335 g/mol. The minimum Gasteiger partial charge on any atom is -0.353 e. The van der Waals surface area contributed by atoms with Gasteiger partial charge in [-0.3, -0.25) is 14.5 Å². The first-order valence-corrected chi connectivity index (χ1v) is 8.37. The Morgan fingerprint density at radius 3 is 2.29 bits per heavy atom. The molecule has 1 saturated heterocycles. The third-order valence-corrected chi connectivity index (χ3v) is 4.34. The van der Waals surface area contributed by atoms with Gasteiger partial charge >= 0.3 is 0 Å². The highest BCUT2D eigenvalue weighted by Gasteiger charge is 2.37. The van der Waals surface area contributed by atoms with Crippen LogP contribution in [-0.4, -0.2) is 42.4 Å². The predicted molar refractivity (Wildman–Crippen MR) is 90.8 cm³/mol. The molecule has 1 heterocycles. The number of amides is 2. The molecule has 1 aliphatic rings. The molecule has 2 amide bonds. The van der Waals surface area contributed by atoms with Crippen LogP contribution in [-0.2, 0) is 15.1 Å². The Morgan fingerprint density at radius 2 is 1.79 bits per heavy atom. The second-order valence-electron chi connectivity index (χ2n) is 6.77. The lowest BCUT2D eigenvalue weighted by atomic mass is 9.80. The first-order chi connectivity index (χ1) is 11.3. The Labute approximate surface area is 142 Å². The summed E-state index contributed by atoms with van der Waals surface area (Å²) in [6, 6.07) is 6.42. The van der Waals surface area contributed by atoms with Gasteiger partial charge in [-0.1, -0.05) is 12.1 Å². The molecule has 1 fully saturated rings.